The summed E-state index contributed by atoms with van der Waals surface area (Å²) in [7, 11) is 0.479. The van der Waals surface area contributed by atoms with Crippen molar-refractivity contribution < 1.29 is 9.53 Å². The standard InChI is InChI=1S/C10H15O2P/c1-10(2,3)7-12-9(11)8-5-4-6-13-8/h4-6,13H,7H2,1-3H3. The van der Waals surface area contributed by atoms with E-state index in [0.29, 0.717) is 14.8 Å². The van der Waals surface area contributed by atoms with Crippen molar-refractivity contribution in [2.45, 2.75) is 20.8 Å². The van der Waals surface area contributed by atoms with Gasteiger partial charge in [0.05, 0.1) is 11.9 Å². The van der Waals surface area contributed by atoms with Crippen molar-refractivity contribution in [2.75, 3.05) is 6.61 Å². The summed E-state index contributed by atoms with van der Waals surface area (Å²) in [5.74, 6) is 1.81. The minimum Gasteiger partial charge on any atom is -0.461 e. The van der Waals surface area contributed by atoms with E-state index >= 15 is 0 Å². The second-order valence-electron chi connectivity index (χ2n) is 4.22. The highest BCUT2D eigenvalue weighted by atomic mass is 31.0. The fourth-order valence-corrected chi connectivity index (χ4v) is 1.57. The third-order valence-electron chi connectivity index (χ3n) is 1.45. The van der Waals surface area contributed by atoms with E-state index in [4.69, 9.17) is 4.74 Å². The molecule has 0 aromatic carbocycles. The van der Waals surface area contributed by atoms with Crippen LogP contribution in [0.2, 0.25) is 0 Å². The Kier molecular flexibility index (Phi) is 3.16. The van der Waals surface area contributed by atoms with Crippen LogP contribution in [0, 0.1) is 5.41 Å². The van der Waals surface area contributed by atoms with Crippen LogP contribution in [0.25, 0.3) is 0 Å². The fraction of sp³-hybridized carbons (Fsp3) is 0.500. The van der Waals surface area contributed by atoms with Crippen LogP contribution in [0.1, 0.15) is 30.9 Å². The van der Waals surface area contributed by atoms with Gasteiger partial charge < -0.3 is 4.74 Å². The molecule has 0 saturated carbocycles. The van der Waals surface area contributed by atoms with E-state index in [1.54, 1.807) is 0 Å². The number of carbonyl (C=O) groups excluding carboxylic acids is 1. The Bertz CT molecular complexity index is 270. The van der Waals surface area contributed by atoms with E-state index in [-0.39, 0.29) is 11.4 Å². The monoisotopic (exact) mass is 198 g/mol. The molecule has 1 unspecified atom stereocenters. The van der Waals surface area contributed by atoms with Gasteiger partial charge in [0.25, 0.3) is 0 Å². The lowest BCUT2D eigenvalue weighted by Gasteiger charge is -2.17. The smallest absolute Gasteiger partial charge is 0.341 e. The molecule has 0 spiro atoms. The van der Waals surface area contributed by atoms with Gasteiger partial charge in [-0.25, -0.2) is 4.79 Å². The zero-order valence-corrected chi connectivity index (χ0v) is 9.26. The summed E-state index contributed by atoms with van der Waals surface area (Å²) in [5.41, 5.74) is 0.0470. The Hall–Kier alpha value is -0.750. The fourth-order valence-electron chi connectivity index (χ4n) is 0.817. The lowest BCUT2D eigenvalue weighted by molar-refractivity contribution is 0.0373. The number of hydrogen-bond acceptors (Lipinski definition) is 2. The zero-order chi connectivity index (χ0) is 9.90. The maximum atomic E-state index is 11.4. The molecule has 1 rings (SSSR count). The predicted octanol–water partition coefficient (Wildman–Crippen LogP) is 2.92. The van der Waals surface area contributed by atoms with Crippen molar-refractivity contribution in [1.82, 2.24) is 0 Å². The molecule has 13 heavy (non-hydrogen) atoms. The molecule has 0 aliphatic rings. The van der Waals surface area contributed by atoms with Gasteiger partial charge in [-0.05, 0) is 17.3 Å². The molecule has 0 N–H and O–H groups in total. The van der Waals surface area contributed by atoms with Crippen molar-refractivity contribution in [3.63, 3.8) is 0 Å². The molecule has 0 bridgehead atoms. The van der Waals surface area contributed by atoms with Gasteiger partial charge >= 0.3 is 5.97 Å². The molecule has 1 aromatic rings. The molecule has 0 aliphatic heterocycles. The van der Waals surface area contributed by atoms with E-state index in [1.165, 1.54) is 0 Å². The Labute approximate surface area is 80.4 Å². The first kappa shape index (κ1) is 10.3. The highest BCUT2D eigenvalue weighted by Gasteiger charge is 2.14. The lowest BCUT2D eigenvalue weighted by atomic mass is 9.99. The van der Waals surface area contributed by atoms with Crippen molar-refractivity contribution in [3.8, 4) is 0 Å². The summed E-state index contributed by atoms with van der Waals surface area (Å²) in [6, 6.07) is 3.72. The van der Waals surface area contributed by atoms with Crippen LogP contribution in [-0.2, 0) is 4.74 Å². The van der Waals surface area contributed by atoms with Crippen LogP contribution in [0.5, 0.6) is 0 Å². The molecule has 0 saturated heterocycles. The van der Waals surface area contributed by atoms with Crippen LogP contribution in [0.3, 0.4) is 0 Å². The molecule has 0 aliphatic carbocycles. The van der Waals surface area contributed by atoms with Gasteiger partial charge in [0.2, 0.25) is 0 Å². The highest BCUT2D eigenvalue weighted by Crippen LogP contribution is 2.18. The number of carbonyl (C=O) groups is 1. The molecule has 0 radical (unpaired) electrons. The third kappa shape index (κ3) is 3.65. The quantitative estimate of drug-likeness (QED) is 0.683. The molecule has 2 nitrogen and oxygen atoms in total. The number of rotatable bonds is 2. The van der Waals surface area contributed by atoms with E-state index in [2.05, 4.69) is 0 Å². The Morgan fingerprint density at radius 3 is 2.69 bits per heavy atom. The summed E-state index contributed by atoms with van der Waals surface area (Å²) in [6.07, 6.45) is 0. The first-order chi connectivity index (χ1) is 5.99. The van der Waals surface area contributed by atoms with Crippen molar-refractivity contribution in [3.05, 3.63) is 23.2 Å². The SMILES string of the molecule is CC(C)(C)COC(=O)c1ccc[pH]1. The van der Waals surface area contributed by atoms with Gasteiger partial charge in [0.15, 0.2) is 0 Å². The maximum absolute atomic E-state index is 11.4. The Morgan fingerprint density at radius 1 is 1.54 bits per heavy atom. The molecule has 0 fully saturated rings. The van der Waals surface area contributed by atoms with E-state index in [1.807, 2.05) is 38.7 Å². The molecule has 3 heteroatoms. The summed E-state index contributed by atoms with van der Waals surface area (Å²) < 4.78 is 5.15. The third-order valence-corrected chi connectivity index (χ3v) is 2.50. The Morgan fingerprint density at radius 2 is 2.23 bits per heavy atom. The largest absolute Gasteiger partial charge is 0.461 e. The van der Waals surface area contributed by atoms with Crippen LogP contribution in [-0.4, -0.2) is 12.6 Å². The molecular weight excluding hydrogens is 183 g/mol. The van der Waals surface area contributed by atoms with Gasteiger partial charge in [-0.15, -0.1) is 8.19 Å². The molecule has 1 heterocycles. The van der Waals surface area contributed by atoms with Gasteiger partial charge in [0.1, 0.15) is 0 Å². The minimum absolute atomic E-state index is 0.0470. The van der Waals surface area contributed by atoms with Crippen LogP contribution in [0.15, 0.2) is 17.9 Å². The molecule has 1 aromatic heterocycles. The highest BCUT2D eigenvalue weighted by molar-refractivity contribution is 7.31. The molecule has 0 amide bonds. The molecular formula is C10H15O2P. The zero-order valence-electron chi connectivity index (χ0n) is 8.26. The molecule has 1 atom stereocenters. The first-order valence-corrected chi connectivity index (χ1v) is 5.37. The summed E-state index contributed by atoms with van der Waals surface area (Å²) in [4.78, 5) is 11.4. The van der Waals surface area contributed by atoms with Crippen LogP contribution < -0.4 is 0 Å². The van der Waals surface area contributed by atoms with Crippen molar-refractivity contribution >= 4 is 14.2 Å². The normalized spacial score (nSPS) is 11.9. The predicted molar refractivity (Wildman–Crippen MR) is 55.7 cm³/mol. The van der Waals surface area contributed by atoms with Crippen LogP contribution >= 0.6 is 8.19 Å². The Balaban J connectivity index is 2.44. The summed E-state index contributed by atoms with van der Waals surface area (Å²) in [5, 5.41) is 0.782. The average Bonchev–Trinajstić information content (AvgIpc) is 2.50. The van der Waals surface area contributed by atoms with E-state index < -0.39 is 0 Å². The number of esters is 1. The van der Waals surface area contributed by atoms with E-state index in [0.717, 1.165) is 5.30 Å². The summed E-state index contributed by atoms with van der Waals surface area (Å²) in [6.45, 7) is 6.62. The number of ether oxygens (including phenoxy) is 1. The lowest BCUT2D eigenvalue weighted by Crippen LogP contribution is -2.17. The van der Waals surface area contributed by atoms with Gasteiger partial charge in [0, 0.05) is 0 Å². The van der Waals surface area contributed by atoms with E-state index in [9.17, 15) is 4.79 Å². The topological polar surface area (TPSA) is 26.3 Å². The van der Waals surface area contributed by atoms with Crippen LogP contribution in [0.4, 0.5) is 0 Å². The maximum Gasteiger partial charge on any atom is 0.341 e. The number of hydrogen-bond donors (Lipinski definition) is 0. The van der Waals surface area contributed by atoms with Gasteiger partial charge in [-0.1, -0.05) is 26.8 Å². The minimum atomic E-state index is -0.168. The second-order valence-corrected chi connectivity index (χ2v) is 5.38. The first-order valence-electron chi connectivity index (χ1n) is 4.29. The van der Waals surface area contributed by atoms with Gasteiger partial charge in [-0.2, -0.15) is 0 Å². The van der Waals surface area contributed by atoms with Crippen molar-refractivity contribution in [2.24, 2.45) is 5.41 Å². The average molecular weight is 198 g/mol. The van der Waals surface area contributed by atoms with Gasteiger partial charge in [-0.3, -0.25) is 0 Å². The van der Waals surface area contributed by atoms with Crippen molar-refractivity contribution in [1.29, 1.82) is 0 Å². The summed E-state index contributed by atoms with van der Waals surface area (Å²) >= 11 is 0. The molecule has 72 valence electrons. The second kappa shape index (κ2) is 3.97.